The molecule has 1 fully saturated rings. The topological polar surface area (TPSA) is 72.3 Å². The number of thioether (sulfide) groups is 1. The Bertz CT molecular complexity index is 969. The second kappa shape index (κ2) is 8.92. The summed E-state index contributed by atoms with van der Waals surface area (Å²) in [5.74, 6) is 0.774. The van der Waals surface area contributed by atoms with E-state index < -0.39 is 9.84 Å². The number of amides is 1. The van der Waals surface area contributed by atoms with Gasteiger partial charge in [-0.1, -0.05) is 43.8 Å². The van der Waals surface area contributed by atoms with Crippen LogP contribution >= 0.6 is 11.8 Å². The fraction of sp³-hybridized carbons (Fsp3) is 0.524. The number of aromatic nitrogens is 2. The van der Waals surface area contributed by atoms with Gasteiger partial charge in [0.05, 0.1) is 29.0 Å². The lowest BCUT2D eigenvalue weighted by molar-refractivity contribution is -0.116. The summed E-state index contributed by atoms with van der Waals surface area (Å²) in [4.78, 5) is 19.5. The number of imidazole rings is 1. The van der Waals surface area contributed by atoms with Crippen LogP contribution in [0.3, 0.4) is 0 Å². The number of para-hydroxylation sites is 1. The fourth-order valence-corrected chi connectivity index (χ4v) is 6.30. The van der Waals surface area contributed by atoms with E-state index in [1.807, 2.05) is 37.3 Å². The Morgan fingerprint density at radius 1 is 1.28 bits per heavy atom. The molecule has 2 heterocycles. The van der Waals surface area contributed by atoms with Gasteiger partial charge in [0.25, 0.3) is 0 Å². The number of hydrogen-bond acceptors (Lipinski definition) is 5. The first-order chi connectivity index (χ1) is 13.7. The van der Waals surface area contributed by atoms with Gasteiger partial charge in [-0.25, -0.2) is 13.4 Å². The monoisotopic (exact) mass is 435 g/mol. The van der Waals surface area contributed by atoms with E-state index >= 15 is 0 Å². The van der Waals surface area contributed by atoms with Crippen molar-refractivity contribution >= 4 is 33.2 Å². The van der Waals surface area contributed by atoms with Gasteiger partial charge in [0.1, 0.15) is 0 Å². The molecule has 0 bridgehead atoms. The number of rotatable bonds is 7. The van der Waals surface area contributed by atoms with Crippen molar-refractivity contribution in [3.05, 3.63) is 41.7 Å². The first-order valence-corrected chi connectivity index (χ1v) is 12.7. The lowest BCUT2D eigenvalue weighted by atomic mass is 10.2. The smallest absolute Gasteiger partial charge is 0.237 e. The van der Waals surface area contributed by atoms with Crippen LogP contribution in [0.15, 0.2) is 35.5 Å². The summed E-state index contributed by atoms with van der Waals surface area (Å²) in [5.41, 5.74) is 2.84. The van der Waals surface area contributed by atoms with Crippen molar-refractivity contribution in [2.24, 2.45) is 5.92 Å². The molecule has 8 heteroatoms. The maximum Gasteiger partial charge on any atom is 0.237 e. The minimum atomic E-state index is -3.09. The Labute approximate surface area is 177 Å². The van der Waals surface area contributed by atoms with Crippen molar-refractivity contribution in [2.45, 2.75) is 51.9 Å². The molecular weight excluding hydrogens is 406 g/mol. The third kappa shape index (κ3) is 5.22. The molecule has 2 aromatic rings. The molecule has 1 aromatic carbocycles. The number of anilines is 1. The summed E-state index contributed by atoms with van der Waals surface area (Å²) in [5, 5.41) is 0.842. The average molecular weight is 436 g/mol. The third-order valence-corrected chi connectivity index (χ3v) is 7.88. The Balaban J connectivity index is 1.80. The predicted octanol–water partition coefficient (Wildman–Crippen LogP) is 3.47. The van der Waals surface area contributed by atoms with E-state index in [4.69, 9.17) is 0 Å². The Morgan fingerprint density at radius 3 is 2.55 bits per heavy atom. The van der Waals surface area contributed by atoms with E-state index in [-0.39, 0.29) is 29.2 Å². The molecule has 6 nitrogen and oxygen atoms in total. The molecule has 0 spiro atoms. The van der Waals surface area contributed by atoms with Gasteiger partial charge in [-0.3, -0.25) is 4.79 Å². The van der Waals surface area contributed by atoms with Gasteiger partial charge in [-0.05, 0) is 38.3 Å². The van der Waals surface area contributed by atoms with Crippen LogP contribution in [0.2, 0.25) is 0 Å². The van der Waals surface area contributed by atoms with E-state index in [2.05, 4.69) is 30.3 Å². The zero-order chi connectivity index (χ0) is 21.2. The molecule has 0 radical (unpaired) electrons. The Kier molecular flexibility index (Phi) is 6.73. The molecule has 1 aliphatic rings. The van der Waals surface area contributed by atoms with E-state index in [1.54, 1.807) is 4.90 Å². The number of sulfone groups is 1. The number of benzene rings is 1. The highest BCUT2D eigenvalue weighted by Gasteiger charge is 2.35. The van der Waals surface area contributed by atoms with Crippen molar-refractivity contribution in [3.63, 3.8) is 0 Å². The molecule has 0 saturated carbocycles. The zero-order valence-corrected chi connectivity index (χ0v) is 19.1. The van der Waals surface area contributed by atoms with Gasteiger partial charge < -0.3 is 9.47 Å². The summed E-state index contributed by atoms with van der Waals surface area (Å²) in [6, 6.07) is 9.04. The first-order valence-electron chi connectivity index (χ1n) is 9.92. The fourth-order valence-electron chi connectivity index (χ4n) is 3.64. The van der Waals surface area contributed by atoms with E-state index in [0.717, 1.165) is 28.8 Å². The molecule has 1 atom stereocenters. The van der Waals surface area contributed by atoms with Crippen LogP contribution in [-0.4, -0.2) is 47.2 Å². The number of carbonyl (C=O) groups is 1. The summed E-state index contributed by atoms with van der Waals surface area (Å²) in [6.07, 6.45) is 0.480. The molecule has 1 aliphatic heterocycles. The highest BCUT2D eigenvalue weighted by atomic mass is 32.2. The molecule has 0 aliphatic carbocycles. The second-order valence-corrected chi connectivity index (χ2v) is 11.2. The van der Waals surface area contributed by atoms with Crippen molar-refractivity contribution in [1.29, 1.82) is 0 Å². The highest BCUT2D eigenvalue weighted by molar-refractivity contribution is 7.99. The molecule has 1 aromatic heterocycles. The van der Waals surface area contributed by atoms with Gasteiger partial charge in [0, 0.05) is 17.9 Å². The Morgan fingerprint density at radius 2 is 1.97 bits per heavy atom. The second-order valence-electron chi connectivity index (χ2n) is 8.01. The third-order valence-electron chi connectivity index (χ3n) is 5.17. The van der Waals surface area contributed by atoms with Gasteiger partial charge in [-0.15, -0.1) is 0 Å². The zero-order valence-electron chi connectivity index (χ0n) is 17.5. The van der Waals surface area contributed by atoms with Crippen molar-refractivity contribution in [1.82, 2.24) is 9.55 Å². The maximum atomic E-state index is 13.2. The van der Waals surface area contributed by atoms with Crippen LogP contribution in [0.4, 0.5) is 5.69 Å². The van der Waals surface area contributed by atoms with Crippen molar-refractivity contribution in [3.8, 4) is 0 Å². The number of carbonyl (C=O) groups excluding carboxylic acids is 1. The van der Waals surface area contributed by atoms with Crippen LogP contribution in [0.1, 0.15) is 31.7 Å². The van der Waals surface area contributed by atoms with Gasteiger partial charge in [0.15, 0.2) is 15.0 Å². The summed E-state index contributed by atoms with van der Waals surface area (Å²) >= 11 is 1.43. The van der Waals surface area contributed by atoms with Gasteiger partial charge in [0.2, 0.25) is 5.91 Å². The molecule has 29 heavy (non-hydrogen) atoms. The van der Waals surface area contributed by atoms with Crippen LogP contribution in [0.5, 0.6) is 0 Å². The lowest BCUT2D eigenvalue weighted by Gasteiger charge is -2.28. The minimum Gasteiger partial charge on any atom is -0.323 e. The molecular formula is C21H29N3O3S2. The van der Waals surface area contributed by atoms with E-state index in [1.165, 1.54) is 11.8 Å². The molecule has 1 amide bonds. The molecule has 0 unspecified atom stereocenters. The summed E-state index contributed by atoms with van der Waals surface area (Å²) in [7, 11) is -3.09. The quantitative estimate of drug-likeness (QED) is 0.623. The molecule has 3 rings (SSSR count). The van der Waals surface area contributed by atoms with Crippen LogP contribution < -0.4 is 4.90 Å². The van der Waals surface area contributed by atoms with Crippen LogP contribution in [-0.2, 0) is 21.2 Å². The SMILES string of the molecule is Cc1nc(SCC(=O)N(c2ccccc2)[C@@H]2CCS(=O)(=O)C2)n(CC(C)C)c1C. The normalized spacial score (nSPS) is 18.3. The number of nitrogens with zero attached hydrogens (tertiary/aromatic N) is 3. The standard InChI is InChI=1S/C21H29N3O3S2/c1-15(2)12-23-17(4)16(3)22-21(23)28-13-20(25)24(18-8-6-5-7-9-18)19-10-11-29(26,27)14-19/h5-9,15,19H,10-14H2,1-4H3/t19-/m1/s1. The largest absolute Gasteiger partial charge is 0.323 e. The highest BCUT2D eigenvalue weighted by Crippen LogP contribution is 2.28. The van der Waals surface area contributed by atoms with Gasteiger partial charge in [-0.2, -0.15) is 0 Å². The first kappa shape index (κ1) is 21.9. The van der Waals surface area contributed by atoms with Crippen LogP contribution in [0, 0.1) is 19.8 Å². The van der Waals surface area contributed by atoms with Gasteiger partial charge >= 0.3 is 0 Å². The molecule has 158 valence electrons. The number of aryl methyl sites for hydroxylation is 1. The minimum absolute atomic E-state index is 0.0263. The van der Waals surface area contributed by atoms with E-state index in [0.29, 0.717) is 12.3 Å². The van der Waals surface area contributed by atoms with Crippen molar-refractivity contribution < 1.29 is 13.2 Å². The number of hydrogen-bond donors (Lipinski definition) is 0. The lowest BCUT2D eigenvalue weighted by Crippen LogP contribution is -2.42. The summed E-state index contributed by atoms with van der Waals surface area (Å²) < 4.78 is 26.2. The maximum absolute atomic E-state index is 13.2. The Hall–Kier alpha value is -1.80. The van der Waals surface area contributed by atoms with Crippen molar-refractivity contribution in [2.75, 3.05) is 22.2 Å². The average Bonchev–Trinajstić information content (AvgIpc) is 3.14. The summed E-state index contributed by atoms with van der Waals surface area (Å²) in [6.45, 7) is 9.21. The van der Waals surface area contributed by atoms with Crippen LogP contribution in [0.25, 0.3) is 0 Å². The van der Waals surface area contributed by atoms with E-state index in [9.17, 15) is 13.2 Å². The molecule has 1 saturated heterocycles. The molecule has 0 N–H and O–H groups in total. The predicted molar refractivity (Wildman–Crippen MR) is 118 cm³/mol.